The van der Waals surface area contributed by atoms with E-state index in [0.29, 0.717) is 18.2 Å². The number of hydrogen-bond acceptors (Lipinski definition) is 6. The fourth-order valence-electron chi connectivity index (χ4n) is 5.66. The molecular formula is C34H37F3N6. The number of rotatable bonds is 9. The van der Waals surface area contributed by atoms with Crippen LogP contribution < -0.4 is 5.32 Å². The topological polar surface area (TPSA) is 58.4 Å². The van der Waals surface area contributed by atoms with E-state index in [0.717, 1.165) is 99.0 Å². The van der Waals surface area contributed by atoms with Gasteiger partial charge in [0.05, 0.1) is 28.6 Å². The van der Waals surface area contributed by atoms with E-state index in [2.05, 4.69) is 44.2 Å². The third-order valence-electron chi connectivity index (χ3n) is 8.30. The van der Waals surface area contributed by atoms with Crippen LogP contribution in [0.3, 0.4) is 0 Å². The highest BCUT2D eigenvalue weighted by Crippen LogP contribution is 2.29. The first-order valence-corrected chi connectivity index (χ1v) is 14.6. The van der Waals surface area contributed by atoms with Crippen molar-refractivity contribution in [1.29, 1.82) is 5.26 Å². The van der Waals surface area contributed by atoms with Crippen LogP contribution in [0.2, 0.25) is 0 Å². The molecular weight excluding hydrogens is 549 g/mol. The Hall–Kier alpha value is -4.13. The summed E-state index contributed by atoms with van der Waals surface area (Å²) in [5, 5.41) is 12.6. The van der Waals surface area contributed by atoms with Crippen molar-refractivity contribution in [2.24, 2.45) is 0 Å². The van der Waals surface area contributed by atoms with Gasteiger partial charge in [0.25, 0.3) is 0 Å². The Balaban J connectivity index is 1.04. The van der Waals surface area contributed by atoms with Crippen molar-refractivity contribution >= 4 is 11.4 Å². The number of benzene rings is 2. The molecule has 3 aromatic rings. The summed E-state index contributed by atoms with van der Waals surface area (Å²) in [5.41, 5.74) is 5.69. The molecule has 1 N–H and O–H groups in total. The molecule has 2 aromatic carbocycles. The predicted molar refractivity (Wildman–Crippen MR) is 163 cm³/mol. The van der Waals surface area contributed by atoms with Crippen LogP contribution in [0.15, 0.2) is 80.0 Å². The van der Waals surface area contributed by atoms with Crippen LogP contribution in [0, 0.1) is 11.3 Å². The largest absolute Gasteiger partial charge is 0.416 e. The number of aromatic nitrogens is 1. The normalized spacial score (nSPS) is 16.9. The zero-order valence-electron chi connectivity index (χ0n) is 24.3. The molecule has 2 saturated heterocycles. The number of pyridine rings is 1. The number of hydrogen-bond donors (Lipinski definition) is 1. The quantitative estimate of drug-likeness (QED) is 0.333. The third kappa shape index (κ3) is 8.04. The number of nitrogens with one attached hydrogen (secondary N) is 1. The van der Waals surface area contributed by atoms with Crippen molar-refractivity contribution in [3.05, 3.63) is 114 Å². The average molecular weight is 587 g/mol. The first-order chi connectivity index (χ1) is 20.7. The lowest BCUT2D eigenvalue weighted by molar-refractivity contribution is -0.137. The SMILES string of the molecule is C=C(NC1CCN(Cc2ccc(C#N)cc2)CC1)c1ccc(C(=C)N2CCN(Cc3ccc(C(F)(F)F)cc3)CC2)cn1. The molecule has 2 aliphatic heterocycles. The van der Waals surface area contributed by atoms with Gasteiger partial charge in [0.1, 0.15) is 0 Å². The first-order valence-electron chi connectivity index (χ1n) is 14.6. The summed E-state index contributed by atoms with van der Waals surface area (Å²) >= 11 is 0. The van der Waals surface area contributed by atoms with Gasteiger partial charge >= 0.3 is 6.18 Å². The Bertz CT molecular complexity index is 1430. The van der Waals surface area contributed by atoms with Gasteiger partial charge in [0, 0.05) is 75.9 Å². The fourth-order valence-corrected chi connectivity index (χ4v) is 5.66. The summed E-state index contributed by atoms with van der Waals surface area (Å²) in [6.45, 7) is 15.2. The first kappa shape index (κ1) is 30.3. The molecule has 9 heteroatoms. The minimum absolute atomic E-state index is 0.347. The van der Waals surface area contributed by atoms with E-state index in [1.165, 1.54) is 5.56 Å². The maximum absolute atomic E-state index is 12.8. The van der Waals surface area contributed by atoms with Gasteiger partial charge in [0.15, 0.2) is 0 Å². The van der Waals surface area contributed by atoms with Crippen LogP contribution in [0.1, 0.15) is 46.4 Å². The zero-order chi connectivity index (χ0) is 30.4. The molecule has 2 fully saturated rings. The predicted octanol–water partition coefficient (Wildman–Crippen LogP) is 5.99. The Morgan fingerprint density at radius 3 is 1.95 bits per heavy atom. The molecule has 0 aliphatic carbocycles. The van der Waals surface area contributed by atoms with Crippen LogP contribution in [-0.4, -0.2) is 65.0 Å². The van der Waals surface area contributed by atoms with Crippen molar-refractivity contribution in [1.82, 2.24) is 25.0 Å². The minimum Gasteiger partial charge on any atom is -0.381 e. The smallest absolute Gasteiger partial charge is 0.381 e. The van der Waals surface area contributed by atoms with Gasteiger partial charge < -0.3 is 10.2 Å². The molecule has 3 heterocycles. The molecule has 0 atom stereocenters. The van der Waals surface area contributed by atoms with Crippen LogP contribution in [0.5, 0.6) is 0 Å². The second-order valence-electron chi connectivity index (χ2n) is 11.3. The van der Waals surface area contributed by atoms with Crippen LogP contribution >= 0.6 is 0 Å². The van der Waals surface area contributed by atoms with Crippen molar-refractivity contribution in [2.75, 3.05) is 39.3 Å². The fraction of sp³-hybridized carbons (Fsp3) is 0.353. The lowest BCUT2D eigenvalue weighted by Crippen LogP contribution is -2.44. The van der Waals surface area contributed by atoms with Crippen molar-refractivity contribution in [3.63, 3.8) is 0 Å². The molecule has 0 radical (unpaired) electrons. The molecule has 0 amide bonds. The Morgan fingerprint density at radius 2 is 1.42 bits per heavy atom. The number of halogens is 3. The minimum atomic E-state index is -4.31. The van der Waals surface area contributed by atoms with E-state index in [-0.39, 0.29) is 0 Å². The molecule has 0 saturated carbocycles. The number of alkyl halides is 3. The summed E-state index contributed by atoms with van der Waals surface area (Å²) < 4.78 is 38.5. The molecule has 2 aliphatic rings. The average Bonchev–Trinajstić information content (AvgIpc) is 3.02. The molecule has 0 spiro atoms. The van der Waals surface area contributed by atoms with E-state index in [1.807, 2.05) is 42.6 Å². The highest BCUT2D eigenvalue weighted by molar-refractivity contribution is 5.64. The van der Waals surface area contributed by atoms with Crippen molar-refractivity contribution in [3.8, 4) is 6.07 Å². The Labute approximate surface area is 251 Å². The summed E-state index contributed by atoms with van der Waals surface area (Å²) in [7, 11) is 0. The number of nitrogens with zero attached hydrogens (tertiary/aromatic N) is 5. The Kier molecular flexibility index (Phi) is 9.49. The van der Waals surface area contributed by atoms with Gasteiger partial charge in [-0.25, -0.2) is 0 Å². The third-order valence-corrected chi connectivity index (χ3v) is 8.30. The summed E-state index contributed by atoms with van der Waals surface area (Å²) in [6.07, 6.45) is -0.419. The highest BCUT2D eigenvalue weighted by Gasteiger charge is 2.30. The molecule has 0 unspecified atom stereocenters. The summed E-state index contributed by atoms with van der Waals surface area (Å²) in [5.74, 6) is 0. The van der Waals surface area contributed by atoms with Crippen LogP contribution in [0.25, 0.3) is 11.4 Å². The van der Waals surface area contributed by atoms with E-state index in [4.69, 9.17) is 5.26 Å². The molecule has 5 rings (SSSR count). The van der Waals surface area contributed by atoms with E-state index >= 15 is 0 Å². The van der Waals surface area contributed by atoms with E-state index < -0.39 is 11.7 Å². The maximum Gasteiger partial charge on any atom is 0.416 e. The van der Waals surface area contributed by atoms with Gasteiger partial charge in [-0.15, -0.1) is 0 Å². The van der Waals surface area contributed by atoms with E-state index in [1.54, 1.807) is 12.1 Å². The number of piperidine rings is 1. The van der Waals surface area contributed by atoms with Gasteiger partial charge in [-0.05, 0) is 60.4 Å². The highest BCUT2D eigenvalue weighted by atomic mass is 19.4. The standard InChI is InChI=1S/C34H37F3N6/c1-25(40-32-13-15-41(16-14-32)23-28-5-3-27(21-38)4-6-28)33-12-9-30(22-39-33)26(2)43-19-17-42(18-20-43)24-29-7-10-31(11-8-29)34(35,36)37/h3-12,22,32,40H,1-2,13-20,23-24H2. The van der Waals surface area contributed by atoms with Gasteiger partial charge in [-0.1, -0.05) is 37.4 Å². The van der Waals surface area contributed by atoms with Gasteiger partial charge in [-0.2, -0.15) is 18.4 Å². The summed E-state index contributed by atoms with van der Waals surface area (Å²) in [6, 6.07) is 19.8. The number of piperazine rings is 1. The number of likely N-dealkylation sites (tertiary alicyclic amines) is 1. The molecule has 6 nitrogen and oxygen atoms in total. The lowest BCUT2D eigenvalue weighted by Gasteiger charge is -2.37. The van der Waals surface area contributed by atoms with Crippen LogP contribution in [-0.2, 0) is 19.3 Å². The zero-order valence-corrected chi connectivity index (χ0v) is 24.3. The summed E-state index contributed by atoms with van der Waals surface area (Å²) in [4.78, 5) is 11.6. The molecule has 43 heavy (non-hydrogen) atoms. The second-order valence-corrected chi connectivity index (χ2v) is 11.3. The van der Waals surface area contributed by atoms with Gasteiger partial charge in [-0.3, -0.25) is 14.8 Å². The van der Waals surface area contributed by atoms with Crippen molar-refractivity contribution in [2.45, 2.75) is 38.1 Å². The second kappa shape index (κ2) is 13.4. The molecule has 0 bridgehead atoms. The Morgan fingerprint density at radius 1 is 0.837 bits per heavy atom. The van der Waals surface area contributed by atoms with Crippen LogP contribution in [0.4, 0.5) is 13.2 Å². The molecule has 224 valence electrons. The van der Waals surface area contributed by atoms with E-state index in [9.17, 15) is 13.2 Å². The lowest BCUT2D eigenvalue weighted by atomic mass is 10.0. The monoisotopic (exact) mass is 586 g/mol. The van der Waals surface area contributed by atoms with Gasteiger partial charge in [0.2, 0.25) is 0 Å². The van der Waals surface area contributed by atoms with Crippen molar-refractivity contribution < 1.29 is 13.2 Å². The number of nitriles is 1. The maximum atomic E-state index is 12.8. The molecule has 1 aromatic heterocycles.